The molecule has 0 aliphatic carbocycles. The quantitative estimate of drug-likeness (QED) is 0.169. The summed E-state index contributed by atoms with van der Waals surface area (Å²) in [6.07, 6.45) is 0. The topological polar surface area (TPSA) is 3.24 Å². The summed E-state index contributed by atoms with van der Waals surface area (Å²) >= 11 is 1.86. The molecule has 52 heavy (non-hydrogen) atoms. The number of anilines is 3. The molecule has 1 heterocycles. The van der Waals surface area contributed by atoms with Gasteiger partial charge in [0.15, 0.2) is 0 Å². The van der Waals surface area contributed by atoms with E-state index in [2.05, 4.69) is 205 Å². The highest BCUT2D eigenvalue weighted by Gasteiger charge is 2.19. The van der Waals surface area contributed by atoms with Crippen LogP contribution in [0.4, 0.5) is 17.1 Å². The SMILES string of the molecule is c1ccc(-c2ccc3ccc(-c4ccc(N(c5ccc(-c6ccc7ccccc7c6)cc5)c5cccc6sc7ccccc7c56)cc4)cc3c2)cc1. The van der Waals surface area contributed by atoms with E-state index in [0.717, 1.165) is 11.4 Å². The fraction of sp³-hybridized carbons (Fsp3) is 0. The molecule has 10 aromatic rings. The van der Waals surface area contributed by atoms with Crippen molar-refractivity contribution in [3.8, 4) is 33.4 Å². The Bertz CT molecular complexity index is 2890. The number of fused-ring (bicyclic) bond motifs is 5. The van der Waals surface area contributed by atoms with Crippen LogP contribution in [0.3, 0.4) is 0 Å². The summed E-state index contributed by atoms with van der Waals surface area (Å²) in [7, 11) is 0. The minimum absolute atomic E-state index is 1.12. The molecule has 0 saturated carbocycles. The van der Waals surface area contributed by atoms with Gasteiger partial charge in [0.2, 0.25) is 0 Å². The zero-order valence-corrected chi connectivity index (χ0v) is 29.2. The normalized spacial score (nSPS) is 11.5. The summed E-state index contributed by atoms with van der Waals surface area (Å²) in [5.74, 6) is 0. The highest BCUT2D eigenvalue weighted by molar-refractivity contribution is 7.26. The number of benzene rings is 9. The first-order valence-corrected chi connectivity index (χ1v) is 18.6. The molecule has 1 aromatic heterocycles. The van der Waals surface area contributed by atoms with Crippen molar-refractivity contribution in [2.24, 2.45) is 0 Å². The van der Waals surface area contributed by atoms with E-state index in [1.807, 2.05) is 11.3 Å². The van der Waals surface area contributed by atoms with Crippen molar-refractivity contribution >= 4 is 70.1 Å². The lowest BCUT2D eigenvalue weighted by atomic mass is 9.97. The van der Waals surface area contributed by atoms with Crippen LogP contribution in [0.25, 0.3) is 75.1 Å². The smallest absolute Gasteiger partial charge is 0.0554 e. The third-order valence-corrected chi connectivity index (χ3v) is 11.4. The summed E-state index contributed by atoms with van der Waals surface area (Å²) in [6.45, 7) is 0. The van der Waals surface area contributed by atoms with E-state index in [-0.39, 0.29) is 0 Å². The van der Waals surface area contributed by atoms with Gasteiger partial charge in [0.1, 0.15) is 0 Å². The molecule has 244 valence electrons. The summed E-state index contributed by atoms with van der Waals surface area (Å²) in [5, 5.41) is 7.58. The van der Waals surface area contributed by atoms with E-state index in [4.69, 9.17) is 0 Å². The van der Waals surface area contributed by atoms with Crippen molar-refractivity contribution in [3.05, 3.63) is 200 Å². The molecule has 0 spiro atoms. The Hall–Kier alpha value is -6.48. The summed E-state index contributed by atoms with van der Waals surface area (Å²) in [6, 6.07) is 73.0. The fourth-order valence-electron chi connectivity index (χ4n) is 7.58. The average Bonchev–Trinajstić information content (AvgIpc) is 3.61. The second-order valence-electron chi connectivity index (χ2n) is 13.4. The van der Waals surface area contributed by atoms with Gasteiger partial charge in [0.25, 0.3) is 0 Å². The van der Waals surface area contributed by atoms with Gasteiger partial charge in [-0.05, 0) is 116 Å². The lowest BCUT2D eigenvalue weighted by Gasteiger charge is -2.27. The third kappa shape index (κ3) is 5.42. The van der Waals surface area contributed by atoms with Gasteiger partial charge in [-0.15, -0.1) is 11.3 Å². The zero-order chi connectivity index (χ0) is 34.4. The zero-order valence-electron chi connectivity index (χ0n) is 28.4. The van der Waals surface area contributed by atoms with Gasteiger partial charge < -0.3 is 4.90 Å². The van der Waals surface area contributed by atoms with Crippen molar-refractivity contribution in [1.82, 2.24) is 0 Å². The molecule has 0 radical (unpaired) electrons. The molecule has 0 unspecified atom stereocenters. The lowest BCUT2D eigenvalue weighted by Crippen LogP contribution is -2.10. The van der Waals surface area contributed by atoms with E-state index in [9.17, 15) is 0 Å². The molecule has 0 saturated heterocycles. The number of nitrogens with zero attached hydrogens (tertiary/aromatic N) is 1. The maximum atomic E-state index is 2.42. The molecule has 1 nitrogen and oxygen atoms in total. The van der Waals surface area contributed by atoms with Crippen LogP contribution >= 0.6 is 11.3 Å². The van der Waals surface area contributed by atoms with Crippen LogP contribution in [-0.4, -0.2) is 0 Å². The van der Waals surface area contributed by atoms with Crippen LogP contribution in [0, 0.1) is 0 Å². The average molecular weight is 680 g/mol. The van der Waals surface area contributed by atoms with E-state index in [0.29, 0.717) is 0 Å². The van der Waals surface area contributed by atoms with E-state index < -0.39 is 0 Å². The van der Waals surface area contributed by atoms with Gasteiger partial charge in [-0.2, -0.15) is 0 Å². The number of thiophene rings is 1. The molecule has 2 heteroatoms. The molecule has 9 aromatic carbocycles. The van der Waals surface area contributed by atoms with Gasteiger partial charge in [-0.3, -0.25) is 0 Å². The van der Waals surface area contributed by atoms with Gasteiger partial charge in [-0.25, -0.2) is 0 Å². The number of hydrogen-bond acceptors (Lipinski definition) is 2. The molecular weight excluding hydrogens is 647 g/mol. The van der Waals surface area contributed by atoms with Crippen LogP contribution in [-0.2, 0) is 0 Å². The minimum atomic E-state index is 1.12. The van der Waals surface area contributed by atoms with Crippen LogP contribution in [0.1, 0.15) is 0 Å². The molecule has 0 atom stereocenters. The van der Waals surface area contributed by atoms with Crippen LogP contribution < -0.4 is 4.90 Å². The van der Waals surface area contributed by atoms with Crippen molar-refractivity contribution in [3.63, 3.8) is 0 Å². The van der Waals surface area contributed by atoms with Crippen molar-refractivity contribution in [2.45, 2.75) is 0 Å². The Kier molecular flexibility index (Phi) is 7.41. The molecule has 0 aliphatic rings. The maximum Gasteiger partial charge on any atom is 0.0554 e. The fourth-order valence-corrected chi connectivity index (χ4v) is 8.71. The Morgan fingerprint density at radius 2 is 0.788 bits per heavy atom. The van der Waals surface area contributed by atoms with Gasteiger partial charge in [0, 0.05) is 31.5 Å². The van der Waals surface area contributed by atoms with Gasteiger partial charge in [-0.1, -0.05) is 140 Å². The van der Waals surface area contributed by atoms with Gasteiger partial charge in [0.05, 0.1) is 5.69 Å². The summed E-state index contributed by atoms with van der Waals surface area (Å²) < 4.78 is 2.60. The highest BCUT2D eigenvalue weighted by Crippen LogP contribution is 2.45. The predicted octanol–water partition coefficient (Wildman–Crippen LogP) is 14.8. The first-order valence-electron chi connectivity index (χ1n) is 17.7. The molecule has 0 amide bonds. The summed E-state index contributed by atoms with van der Waals surface area (Å²) in [5.41, 5.74) is 10.7. The van der Waals surface area contributed by atoms with Crippen molar-refractivity contribution in [2.75, 3.05) is 4.90 Å². The number of rotatable bonds is 6. The second kappa shape index (κ2) is 12.7. The number of hydrogen-bond donors (Lipinski definition) is 0. The molecule has 0 N–H and O–H groups in total. The van der Waals surface area contributed by atoms with Gasteiger partial charge >= 0.3 is 0 Å². The minimum Gasteiger partial charge on any atom is -0.310 e. The second-order valence-corrected chi connectivity index (χ2v) is 14.5. The maximum absolute atomic E-state index is 2.42. The molecule has 10 rings (SSSR count). The first-order chi connectivity index (χ1) is 25.7. The Morgan fingerprint density at radius 3 is 1.44 bits per heavy atom. The molecule has 0 bridgehead atoms. The Labute approximate surface area is 307 Å². The lowest BCUT2D eigenvalue weighted by molar-refractivity contribution is 1.30. The molecular formula is C50H33NS. The largest absolute Gasteiger partial charge is 0.310 e. The third-order valence-electron chi connectivity index (χ3n) is 10.2. The highest BCUT2D eigenvalue weighted by atomic mass is 32.1. The monoisotopic (exact) mass is 679 g/mol. The Morgan fingerprint density at radius 1 is 0.308 bits per heavy atom. The Balaban J connectivity index is 1.07. The predicted molar refractivity (Wildman–Crippen MR) is 225 cm³/mol. The van der Waals surface area contributed by atoms with Crippen LogP contribution in [0.15, 0.2) is 200 Å². The van der Waals surface area contributed by atoms with Crippen molar-refractivity contribution < 1.29 is 0 Å². The van der Waals surface area contributed by atoms with E-state index in [1.165, 1.54) is 80.8 Å². The van der Waals surface area contributed by atoms with Crippen LogP contribution in [0.2, 0.25) is 0 Å². The first kappa shape index (κ1) is 30.4. The van der Waals surface area contributed by atoms with Crippen molar-refractivity contribution in [1.29, 1.82) is 0 Å². The van der Waals surface area contributed by atoms with E-state index in [1.54, 1.807) is 0 Å². The van der Waals surface area contributed by atoms with E-state index >= 15 is 0 Å². The molecule has 0 aliphatic heterocycles. The standard InChI is InChI=1S/C50H33NS/c1-2-9-34(10-3-1)41-21-18-38-19-22-42(33-43(38)32-41)37-25-29-45(30-26-37)51(47-14-8-16-49-50(47)46-13-6-7-15-48(46)52-49)44-27-23-36(24-28-44)40-20-17-35-11-4-5-12-39(35)31-40/h1-33H. The summed E-state index contributed by atoms with van der Waals surface area (Å²) in [4.78, 5) is 2.42. The van der Waals surface area contributed by atoms with Crippen LogP contribution in [0.5, 0.6) is 0 Å². The molecule has 0 fully saturated rings.